The second kappa shape index (κ2) is 14.6. The highest BCUT2D eigenvalue weighted by Gasteiger charge is 2.09. The van der Waals surface area contributed by atoms with Gasteiger partial charge in [-0.15, -0.1) is 0 Å². The number of aliphatic carboxylic acids is 1. The van der Waals surface area contributed by atoms with Gasteiger partial charge < -0.3 is 33.1 Å². The van der Waals surface area contributed by atoms with Crippen LogP contribution in [0.3, 0.4) is 0 Å². The molecule has 9 heteroatoms. The summed E-state index contributed by atoms with van der Waals surface area (Å²) in [4.78, 5) is 30.9. The second-order valence-corrected chi connectivity index (χ2v) is 5.85. The van der Waals surface area contributed by atoms with Crippen molar-refractivity contribution in [2.24, 2.45) is 17.2 Å². The maximum Gasteiger partial charge on any atom is 0.337 e. The number of carbonyl (C=O) groups is 3. The lowest BCUT2D eigenvalue weighted by molar-refractivity contribution is -0.138. The van der Waals surface area contributed by atoms with Crippen molar-refractivity contribution < 1.29 is 24.6 Å². The monoisotopic (exact) mass is 404 g/mol. The summed E-state index contributed by atoms with van der Waals surface area (Å²) in [5.74, 6) is -2.30. The highest BCUT2D eigenvalue weighted by molar-refractivity contribution is 5.93. The number of nitrogen functional groups attached to an aromatic ring is 1. The molecule has 0 aliphatic carbocycles. The highest BCUT2D eigenvalue weighted by atomic mass is 16.4. The average Bonchev–Trinajstić information content (AvgIpc) is 2.70. The van der Waals surface area contributed by atoms with Crippen LogP contribution >= 0.6 is 0 Å². The van der Waals surface area contributed by atoms with Crippen molar-refractivity contribution in [3.8, 4) is 0 Å². The largest absolute Gasteiger partial charge is 0.480 e. The molecule has 2 rings (SSSR count). The van der Waals surface area contributed by atoms with E-state index in [9.17, 15) is 14.4 Å². The molecule has 0 saturated heterocycles. The number of amides is 1. The second-order valence-electron chi connectivity index (χ2n) is 5.85. The van der Waals surface area contributed by atoms with Crippen molar-refractivity contribution in [1.29, 1.82) is 0 Å². The number of carbonyl (C=O) groups excluding carboxylic acids is 1. The smallest absolute Gasteiger partial charge is 0.337 e. The van der Waals surface area contributed by atoms with E-state index < -0.39 is 18.0 Å². The summed E-state index contributed by atoms with van der Waals surface area (Å²) in [5.41, 5.74) is 21.7. The molecule has 2 aromatic rings. The van der Waals surface area contributed by atoms with E-state index in [1.165, 1.54) is 6.07 Å². The summed E-state index contributed by atoms with van der Waals surface area (Å²) >= 11 is 0. The molecule has 1 amide bonds. The van der Waals surface area contributed by atoms with Gasteiger partial charge in [-0.2, -0.15) is 0 Å². The van der Waals surface area contributed by atoms with Crippen LogP contribution in [0, 0.1) is 0 Å². The quantitative estimate of drug-likeness (QED) is 0.293. The first-order valence-corrected chi connectivity index (χ1v) is 8.81. The lowest BCUT2D eigenvalue weighted by Crippen LogP contribution is -2.29. The first-order valence-electron chi connectivity index (χ1n) is 8.81. The van der Waals surface area contributed by atoms with Gasteiger partial charge in [-0.1, -0.05) is 36.8 Å². The van der Waals surface area contributed by atoms with E-state index in [1.54, 1.807) is 42.5 Å². The molecule has 0 radical (unpaired) electrons. The van der Waals surface area contributed by atoms with Crippen LogP contribution in [0.25, 0.3) is 0 Å². The first-order chi connectivity index (χ1) is 13.7. The number of hydrogen-bond acceptors (Lipinski definition) is 6. The summed E-state index contributed by atoms with van der Waals surface area (Å²) in [6, 6.07) is 14.4. The standard InChI is InChI=1S/C7H7NO2.C7H7NO.C6H14N2O2/c8-6-4-2-1-3-5(6)7(9)10;8-7(9)6-4-2-1-3-5-6;7-4-2-1-3-5(8)6(9)10/h1-4H,8H2,(H,9,10);1-5H,(H2,8,9);5H,1-4,7-8H2,(H,9,10). The molecule has 10 N–H and O–H groups in total. The van der Waals surface area contributed by atoms with Gasteiger partial charge in [0.05, 0.1) is 5.56 Å². The Kier molecular flexibility index (Phi) is 12.9. The highest BCUT2D eigenvalue weighted by Crippen LogP contribution is 2.09. The van der Waals surface area contributed by atoms with Crippen molar-refractivity contribution in [3.63, 3.8) is 0 Å². The van der Waals surface area contributed by atoms with Crippen molar-refractivity contribution in [2.75, 3.05) is 12.3 Å². The van der Waals surface area contributed by atoms with Gasteiger partial charge in [0, 0.05) is 11.3 Å². The summed E-state index contributed by atoms with van der Waals surface area (Å²) in [6.45, 7) is 0.604. The zero-order valence-electron chi connectivity index (χ0n) is 16.0. The minimum Gasteiger partial charge on any atom is -0.480 e. The molecule has 0 heterocycles. The fraction of sp³-hybridized carbons (Fsp3) is 0.250. The number of primary amides is 1. The third-order valence-corrected chi connectivity index (χ3v) is 3.54. The SMILES string of the molecule is NC(=O)c1ccccc1.NCCCCC(N)C(=O)O.Nc1ccccc1C(=O)O. The predicted molar refractivity (Wildman–Crippen MR) is 111 cm³/mol. The number of aromatic carboxylic acids is 1. The number of nitrogens with two attached hydrogens (primary N) is 4. The predicted octanol–water partition coefficient (Wildman–Crippen LogP) is 1.28. The van der Waals surface area contributed by atoms with E-state index in [2.05, 4.69) is 0 Å². The van der Waals surface area contributed by atoms with Crippen LogP contribution in [0.15, 0.2) is 54.6 Å². The van der Waals surface area contributed by atoms with Crippen molar-refractivity contribution in [1.82, 2.24) is 0 Å². The molecule has 0 fully saturated rings. The van der Waals surface area contributed by atoms with Gasteiger partial charge in [0.15, 0.2) is 0 Å². The summed E-state index contributed by atoms with van der Waals surface area (Å²) in [7, 11) is 0. The van der Waals surface area contributed by atoms with Gasteiger partial charge >= 0.3 is 11.9 Å². The Morgan fingerprint density at radius 1 is 0.897 bits per heavy atom. The molecule has 0 spiro atoms. The van der Waals surface area contributed by atoms with Gasteiger partial charge in [0.1, 0.15) is 6.04 Å². The molecule has 0 aromatic heterocycles. The van der Waals surface area contributed by atoms with E-state index in [1.807, 2.05) is 6.07 Å². The number of para-hydroxylation sites is 1. The van der Waals surface area contributed by atoms with E-state index in [4.69, 9.17) is 33.1 Å². The van der Waals surface area contributed by atoms with Crippen molar-refractivity contribution >= 4 is 23.5 Å². The van der Waals surface area contributed by atoms with Gasteiger partial charge in [-0.05, 0) is 43.7 Å². The normalized spacial score (nSPS) is 10.4. The lowest BCUT2D eigenvalue weighted by atomic mass is 10.1. The molecular formula is C20H28N4O5. The number of carboxylic acid groups (broad SMARTS) is 2. The fourth-order valence-electron chi connectivity index (χ4n) is 1.93. The Hall–Kier alpha value is -3.43. The molecule has 0 bridgehead atoms. The topological polar surface area (TPSA) is 196 Å². The van der Waals surface area contributed by atoms with Crippen molar-refractivity contribution in [3.05, 3.63) is 65.7 Å². The molecule has 0 saturated carbocycles. The van der Waals surface area contributed by atoms with Gasteiger partial charge in [-0.3, -0.25) is 9.59 Å². The van der Waals surface area contributed by atoms with E-state index in [0.717, 1.165) is 12.8 Å². The molecule has 1 atom stereocenters. The van der Waals surface area contributed by atoms with Gasteiger partial charge in [-0.25, -0.2) is 4.79 Å². The van der Waals surface area contributed by atoms with Crippen LogP contribution in [-0.4, -0.2) is 40.6 Å². The maximum atomic E-state index is 10.4. The third kappa shape index (κ3) is 11.8. The van der Waals surface area contributed by atoms with Gasteiger partial charge in [0.25, 0.3) is 0 Å². The maximum absolute atomic E-state index is 10.4. The van der Waals surface area contributed by atoms with Crippen LogP contribution in [-0.2, 0) is 4.79 Å². The van der Waals surface area contributed by atoms with Crippen LogP contribution in [0.2, 0.25) is 0 Å². The van der Waals surface area contributed by atoms with E-state index in [-0.39, 0.29) is 11.5 Å². The molecule has 158 valence electrons. The Balaban J connectivity index is 0.000000406. The van der Waals surface area contributed by atoms with Crippen molar-refractivity contribution in [2.45, 2.75) is 25.3 Å². The molecule has 0 aliphatic rings. The molecule has 29 heavy (non-hydrogen) atoms. The summed E-state index contributed by atoms with van der Waals surface area (Å²) in [6.07, 6.45) is 2.16. The minimum atomic E-state index is -0.988. The zero-order chi connectivity index (χ0) is 22.2. The number of benzene rings is 2. The third-order valence-electron chi connectivity index (χ3n) is 3.54. The number of hydrogen-bond donors (Lipinski definition) is 6. The Morgan fingerprint density at radius 2 is 1.45 bits per heavy atom. The lowest BCUT2D eigenvalue weighted by Gasteiger charge is -2.03. The van der Waals surface area contributed by atoms with E-state index >= 15 is 0 Å². The zero-order valence-corrected chi connectivity index (χ0v) is 16.0. The van der Waals surface area contributed by atoms with Crippen LogP contribution in [0.4, 0.5) is 5.69 Å². The van der Waals surface area contributed by atoms with Crippen LogP contribution in [0.1, 0.15) is 40.0 Å². The molecule has 0 aliphatic heterocycles. The minimum absolute atomic E-state index is 0.155. The van der Waals surface area contributed by atoms with E-state index in [0.29, 0.717) is 24.2 Å². The Bertz CT molecular complexity index is 768. The molecular weight excluding hydrogens is 376 g/mol. The Labute approximate surface area is 169 Å². The summed E-state index contributed by atoms with van der Waals surface area (Å²) in [5, 5.41) is 16.8. The molecule has 2 aromatic carbocycles. The number of anilines is 1. The summed E-state index contributed by atoms with van der Waals surface area (Å²) < 4.78 is 0. The number of rotatable bonds is 7. The van der Waals surface area contributed by atoms with Crippen LogP contribution in [0.5, 0.6) is 0 Å². The molecule has 1 unspecified atom stereocenters. The number of unbranched alkanes of at least 4 members (excludes halogenated alkanes) is 1. The van der Waals surface area contributed by atoms with Gasteiger partial charge in [0.2, 0.25) is 5.91 Å². The Morgan fingerprint density at radius 3 is 1.83 bits per heavy atom. The average molecular weight is 404 g/mol. The number of carboxylic acids is 2. The molecule has 9 nitrogen and oxygen atoms in total. The van der Waals surface area contributed by atoms with Crippen LogP contribution < -0.4 is 22.9 Å². The first kappa shape index (κ1) is 25.6. The fourth-order valence-corrected chi connectivity index (χ4v) is 1.93.